The van der Waals surface area contributed by atoms with E-state index in [-0.39, 0.29) is 13.4 Å². The van der Waals surface area contributed by atoms with Crippen LogP contribution in [-0.4, -0.2) is 27.5 Å². The second-order valence-corrected chi connectivity index (χ2v) is 16.6. The summed E-state index contributed by atoms with van der Waals surface area (Å²) < 4.78 is 4.97. The van der Waals surface area contributed by atoms with Crippen molar-refractivity contribution in [2.75, 3.05) is 9.80 Å². The highest BCUT2D eigenvalue weighted by Gasteiger charge is 2.44. The maximum absolute atomic E-state index is 5.88. The number of nitrogens with zero attached hydrogens (tertiary/aromatic N) is 5. The van der Waals surface area contributed by atoms with Gasteiger partial charge in [0, 0.05) is 67.0 Å². The summed E-state index contributed by atoms with van der Waals surface area (Å²) in [6.07, 6.45) is 0. The molecule has 7 heterocycles. The molecule has 0 N–H and O–H groups in total. The number of benzene rings is 8. The van der Waals surface area contributed by atoms with E-state index < -0.39 is 0 Å². The molecule has 7 heteroatoms. The Kier molecular flexibility index (Phi) is 5.75. The van der Waals surface area contributed by atoms with E-state index >= 15 is 0 Å². The zero-order valence-electron chi connectivity index (χ0n) is 32.3. The van der Waals surface area contributed by atoms with Gasteiger partial charge in [0.25, 0.3) is 13.4 Å². The van der Waals surface area contributed by atoms with Crippen LogP contribution < -0.4 is 42.6 Å². The summed E-state index contributed by atoms with van der Waals surface area (Å²) in [7, 11) is 0. The molecular weight excluding hydrogens is 728 g/mol. The molecule has 0 fully saturated rings. The lowest BCUT2D eigenvalue weighted by molar-refractivity contribution is 1.11. The van der Waals surface area contributed by atoms with Gasteiger partial charge in [-0.3, -0.25) is 9.13 Å². The first-order valence-electron chi connectivity index (χ1n) is 20.9. The Balaban J connectivity index is 1.08. The van der Waals surface area contributed by atoms with Crippen molar-refractivity contribution in [1.82, 2.24) is 14.1 Å². The summed E-state index contributed by atoms with van der Waals surface area (Å²) in [5, 5.41) is 4.83. The summed E-state index contributed by atoms with van der Waals surface area (Å²) in [5.41, 5.74) is 22.0. The zero-order chi connectivity index (χ0) is 38.8. The molecule has 0 atom stereocenters. The molecule has 0 aliphatic carbocycles. The molecule has 0 amide bonds. The summed E-state index contributed by atoms with van der Waals surface area (Å²) in [6.45, 7) is 0.182. The van der Waals surface area contributed by atoms with Crippen LogP contribution in [0.2, 0.25) is 0 Å². The molecule has 274 valence electrons. The molecule has 4 aliphatic rings. The highest BCUT2D eigenvalue weighted by Crippen LogP contribution is 2.46. The second-order valence-electron chi connectivity index (χ2n) is 16.6. The van der Waals surface area contributed by atoms with Crippen LogP contribution in [0.4, 0.5) is 34.1 Å². The van der Waals surface area contributed by atoms with E-state index in [1.165, 1.54) is 99.5 Å². The lowest BCUT2D eigenvalue weighted by atomic mass is 9.34. The number of para-hydroxylation sites is 6. The number of rotatable bonds is 2. The number of anilines is 6. The Labute approximate surface area is 346 Å². The van der Waals surface area contributed by atoms with Crippen molar-refractivity contribution < 1.29 is 0 Å². The van der Waals surface area contributed by atoms with Gasteiger partial charge in [0.15, 0.2) is 0 Å². The van der Waals surface area contributed by atoms with E-state index in [1.54, 1.807) is 0 Å². The number of fused-ring (bicyclic) bond motifs is 16. The highest BCUT2D eigenvalue weighted by atomic mass is 15.2. The first-order valence-corrected chi connectivity index (χ1v) is 20.9. The minimum absolute atomic E-state index is 0.0910. The maximum Gasteiger partial charge on any atom is 0.252 e. The maximum atomic E-state index is 5.88. The van der Waals surface area contributed by atoms with Gasteiger partial charge in [-0.15, -0.1) is 0 Å². The summed E-state index contributed by atoms with van der Waals surface area (Å²) in [6, 6.07) is 69.5. The van der Waals surface area contributed by atoms with Gasteiger partial charge in [0.1, 0.15) is 11.3 Å². The second kappa shape index (κ2) is 11.0. The first kappa shape index (κ1) is 31.3. The molecule has 11 aromatic rings. The van der Waals surface area contributed by atoms with Crippen molar-refractivity contribution in [1.29, 1.82) is 0 Å². The van der Waals surface area contributed by atoms with Crippen molar-refractivity contribution in [2.24, 2.45) is 0 Å². The van der Waals surface area contributed by atoms with Crippen molar-refractivity contribution in [2.45, 2.75) is 0 Å². The number of hydrogen-bond donors (Lipinski definition) is 0. The van der Waals surface area contributed by atoms with E-state index in [9.17, 15) is 0 Å². The molecule has 8 aromatic carbocycles. The molecule has 3 aromatic heterocycles. The largest absolute Gasteiger partial charge is 0.311 e. The molecule has 0 radical (unpaired) electrons. The van der Waals surface area contributed by atoms with Gasteiger partial charge in [-0.25, -0.2) is 4.98 Å². The standard InChI is InChI=1S/C53H31B2N5/c1-3-15-32(16-4-1)57-42-23-11-7-19-38(42)54-40-21-9-13-25-44(40)59-50-34(27-29-46(57)48(50)54)36-31-37-35-28-30-47-49-51(35)60(53(37)56-52(36)59)45-26-14-10-22-41(45)55(49)39-20-8-12-24-43(39)58(47)33-17-5-2-6-18-33/h1-31H. The average Bonchev–Trinajstić information content (AvgIpc) is 3.82. The minimum atomic E-state index is 0.0910. The molecule has 60 heavy (non-hydrogen) atoms. The Morgan fingerprint density at radius 3 is 1.12 bits per heavy atom. The smallest absolute Gasteiger partial charge is 0.252 e. The Hall–Kier alpha value is -7.76. The van der Waals surface area contributed by atoms with Gasteiger partial charge >= 0.3 is 0 Å². The lowest BCUT2D eigenvalue weighted by Gasteiger charge is -2.39. The van der Waals surface area contributed by atoms with Crippen LogP contribution in [0.3, 0.4) is 0 Å². The molecule has 0 saturated carbocycles. The molecule has 0 unspecified atom stereocenters. The van der Waals surface area contributed by atoms with Crippen LogP contribution in [0, 0.1) is 0 Å². The first-order chi connectivity index (χ1) is 29.8. The van der Waals surface area contributed by atoms with Gasteiger partial charge in [-0.1, -0.05) is 121 Å². The molecular formula is C53H31B2N5. The summed E-state index contributed by atoms with van der Waals surface area (Å²) in [5.74, 6) is 0. The number of hydrogen-bond acceptors (Lipinski definition) is 3. The van der Waals surface area contributed by atoms with E-state index in [0.29, 0.717) is 0 Å². The van der Waals surface area contributed by atoms with Crippen molar-refractivity contribution in [3.05, 3.63) is 188 Å². The van der Waals surface area contributed by atoms with Crippen LogP contribution in [0.1, 0.15) is 0 Å². The van der Waals surface area contributed by atoms with Gasteiger partial charge in [-0.2, -0.15) is 0 Å². The fraction of sp³-hybridized carbons (Fsp3) is 0. The fourth-order valence-electron chi connectivity index (χ4n) is 11.7. The SMILES string of the molecule is c1ccc(N2c3ccccc3B3c4ccccc4-n4c5nc6c(cc5c5ccc2c3c54)c2ccc3c4c2n6-c2ccccc2B4c2ccccc2N3c2ccccc2)cc1. The third-order valence-electron chi connectivity index (χ3n) is 13.9. The van der Waals surface area contributed by atoms with E-state index in [4.69, 9.17) is 4.98 Å². The van der Waals surface area contributed by atoms with Crippen LogP contribution in [0.25, 0.3) is 55.2 Å². The van der Waals surface area contributed by atoms with Gasteiger partial charge < -0.3 is 9.80 Å². The quantitative estimate of drug-likeness (QED) is 0.166. The van der Waals surface area contributed by atoms with Gasteiger partial charge in [0.05, 0.1) is 11.0 Å². The van der Waals surface area contributed by atoms with Crippen LogP contribution >= 0.6 is 0 Å². The molecule has 0 saturated heterocycles. The predicted molar refractivity (Wildman–Crippen MR) is 252 cm³/mol. The normalized spacial score (nSPS) is 13.9. The Bertz CT molecular complexity index is 3460. The van der Waals surface area contributed by atoms with Gasteiger partial charge in [0.2, 0.25) is 0 Å². The highest BCUT2D eigenvalue weighted by molar-refractivity contribution is 7.01. The van der Waals surface area contributed by atoms with E-state index in [0.717, 1.165) is 22.7 Å². The third-order valence-corrected chi connectivity index (χ3v) is 13.9. The zero-order valence-corrected chi connectivity index (χ0v) is 32.3. The molecule has 5 nitrogen and oxygen atoms in total. The number of pyridine rings is 1. The van der Waals surface area contributed by atoms with Gasteiger partial charge in [-0.05, 0) is 99.5 Å². The fourth-order valence-corrected chi connectivity index (χ4v) is 11.7. The van der Waals surface area contributed by atoms with E-state index in [2.05, 4.69) is 207 Å². The third kappa shape index (κ3) is 3.67. The monoisotopic (exact) mass is 759 g/mol. The van der Waals surface area contributed by atoms with Crippen molar-refractivity contribution >= 4 is 124 Å². The van der Waals surface area contributed by atoms with E-state index in [1.807, 2.05) is 0 Å². The average molecular weight is 759 g/mol. The van der Waals surface area contributed by atoms with Crippen LogP contribution in [0.15, 0.2) is 188 Å². The lowest BCUT2D eigenvalue weighted by Crippen LogP contribution is -2.60. The van der Waals surface area contributed by atoms with Crippen molar-refractivity contribution in [3.63, 3.8) is 0 Å². The summed E-state index contributed by atoms with van der Waals surface area (Å²) in [4.78, 5) is 10.8. The molecule has 0 bridgehead atoms. The molecule has 0 spiro atoms. The molecule has 15 rings (SSSR count). The number of aromatic nitrogens is 3. The topological polar surface area (TPSA) is 29.2 Å². The van der Waals surface area contributed by atoms with Crippen LogP contribution in [0.5, 0.6) is 0 Å². The van der Waals surface area contributed by atoms with Crippen LogP contribution in [-0.2, 0) is 0 Å². The van der Waals surface area contributed by atoms with Crippen molar-refractivity contribution in [3.8, 4) is 11.4 Å². The Morgan fingerprint density at radius 1 is 0.317 bits per heavy atom. The Morgan fingerprint density at radius 2 is 0.683 bits per heavy atom. The predicted octanol–water partition coefficient (Wildman–Crippen LogP) is 8.50. The summed E-state index contributed by atoms with van der Waals surface area (Å²) >= 11 is 0. The minimum Gasteiger partial charge on any atom is -0.311 e. The molecule has 4 aliphatic heterocycles.